The van der Waals surface area contributed by atoms with Crippen LogP contribution in [0.25, 0.3) is 5.70 Å². The van der Waals surface area contributed by atoms with Crippen molar-refractivity contribution < 1.29 is 14.3 Å². The molecular formula is C27H24Cl2N2O3. The lowest BCUT2D eigenvalue weighted by Gasteiger charge is -2.35. The highest BCUT2D eigenvalue weighted by atomic mass is 35.5. The second-order valence-corrected chi connectivity index (χ2v) is 9.63. The zero-order valence-corrected chi connectivity index (χ0v) is 20.6. The number of carbonyl (C=O) groups is 2. The van der Waals surface area contributed by atoms with Crippen LogP contribution in [0.3, 0.4) is 0 Å². The summed E-state index contributed by atoms with van der Waals surface area (Å²) in [6, 6.07) is 17.4. The molecule has 0 atom stereocenters. The third-order valence-corrected chi connectivity index (χ3v) is 6.12. The van der Waals surface area contributed by atoms with Crippen LogP contribution in [0.4, 0.5) is 5.69 Å². The number of anilines is 1. The third-order valence-electron chi connectivity index (χ3n) is 5.57. The standard InChI is InChI=1S/C27H24Cl2N2O3/c1-27(2)15-17-7-9-20(34-3)13-22(17)24(31-27)14-25(32)16-5-4-6-19(11-16)30-26(33)21-10-8-18(28)12-23(21)29/h4-14,31H,15H2,1-3H3,(H,30,33). The van der Waals surface area contributed by atoms with Crippen LogP contribution < -0.4 is 15.4 Å². The van der Waals surface area contributed by atoms with E-state index in [9.17, 15) is 9.59 Å². The lowest BCUT2D eigenvalue weighted by Crippen LogP contribution is -2.43. The van der Waals surface area contributed by atoms with Crippen molar-refractivity contribution in [1.82, 2.24) is 5.32 Å². The van der Waals surface area contributed by atoms with Gasteiger partial charge in [-0.25, -0.2) is 0 Å². The molecule has 2 N–H and O–H groups in total. The van der Waals surface area contributed by atoms with Gasteiger partial charge in [0, 0.05) is 39.1 Å². The molecule has 0 aliphatic carbocycles. The normalized spacial score (nSPS) is 15.3. The monoisotopic (exact) mass is 494 g/mol. The van der Waals surface area contributed by atoms with E-state index in [1.54, 1.807) is 49.6 Å². The summed E-state index contributed by atoms with van der Waals surface area (Å²) in [7, 11) is 1.62. The smallest absolute Gasteiger partial charge is 0.257 e. The molecular weight excluding hydrogens is 471 g/mol. The predicted molar refractivity (Wildman–Crippen MR) is 137 cm³/mol. The first-order valence-electron chi connectivity index (χ1n) is 10.7. The number of ether oxygens (including phenoxy) is 1. The van der Waals surface area contributed by atoms with Gasteiger partial charge in [-0.3, -0.25) is 9.59 Å². The Morgan fingerprint density at radius 2 is 1.85 bits per heavy atom. The fourth-order valence-electron chi connectivity index (χ4n) is 3.99. The number of ketones is 1. The van der Waals surface area contributed by atoms with Crippen molar-refractivity contribution in [3.05, 3.63) is 99.0 Å². The maximum Gasteiger partial charge on any atom is 0.257 e. The summed E-state index contributed by atoms with van der Waals surface area (Å²) < 4.78 is 5.38. The van der Waals surface area contributed by atoms with Crippen LogP contribution in [0, 0.1) is 0 Å². The lowest BCUT2D eigenvalue weighted by molar-refractivity contribution is 0.102. The number of fused-ring (bicyclic) bond motifs is 1. The maximum absolute atomic E-state index is 13.2. The van der Waals surface area contributed by atoms with Gasteiger partial charge < -0.3 is 15.4 Å². The Kier molecular flexibility index (Phi) is 6.69. The summed E-state index contributed by atoms with van der Waals surface area (Å²) in [4.78, 5) is 25.8. The number of halogens is 2. The Labute approximate surface area is 208 Å². The summed E-state index contributed by atoms with van der Waals surface area (Å²) in [5, 5.41) is 6.96. The van der Waals surface area contributed by atoms with Crippen LogP contribution in [0.2, 0.25) is 10.0 Å². The zero-order chi connectivity index (χ0) is 24.5. The predicted octanol–water partition coefficient (Wildman–Crippen LogP) is 6.40. The largest absolute Gasteiger partial charge is 0.497 e. The first-order chi connectivity index (χ1) is 16.1. The van der Waals surface area contributed by atoms with Crippen LogP contribution in [0.5, 0.6) is 5.75 Å². The molecule has 1 aliphatic heterocycles. The topological polar surface area (TPSA) is 67.4 Å². The molecule has 5 nitrogen and oxygen atoms in total. The molecule has 0 spiro atoms. The second kappa shape index (κ2) is 9.53. The number of rotatable bonds is 5. The molecule has 0 radical (unpaired) electrons. The summed E-state index contributed by atoms with van der Waals surface area (Å²) in [5.74, 6) is 0.153. The minimum absolute atomic E-state index is 0.186. The molecule has 0 unspecified atom stereocenters. The fraction of sp³-hybridized carbons (Fsp3) is 0.185. The van der Waals surface area contributed by atoms with Crippen LogP contribution in [-0.2, 0) is 6.42 Å². The number of nitrogens with one attached hydrogen (secondary N) is 2. The average Bonchev–Trinajstić information content (AvgIpc) is 2.78. The van der Waals surface area contributed by atoms with E-state index in [-0.39, 0.29) is 22.3 Å². The Balaban J connectivity index is 1.61. The molecule has 1 heterocycles. The van der Waals surface area contributed by atoms with Crippen molar-refractivity contribution in [1.29, 1.82) is 0 Å². The van der Waals surface area contributed by atoms with Crippen molar-refractivity contribution >= 4 is 46.3 Å². The number of carbonyl (C=O) groups excluding carboxylic acids is 2. The highest BCUT2D eigenvalue weighted by Gasteiger charge is 2.28. The molecule has 3 aromatic rings. The van der Waals surface area contributed by atoms with Gasteiger partial charge in [0.1, 0.15) is 5.75 Å². The van der Waals surface area contributed by atoms with Gasteiger partial charge in [0.25, 0.3) is 5.91 Å². The van der Waals surface area contributed by atoms with Gasteiger partial charge in [0.05, 0.1) is 17.7 Å². The molecule has 0 aromatic heterocycles. The van der Waals surface area contributed by atoms with E-state index >= 15 is 0 Å². The van der Waals surface area contributed by atoms with Crippen LogP contribution in [0.15, 0.2) is 66.7 Å². The van der Waals surface area contributed by atoms with E-state index in [0.29, 0.717) is 21.8 Å². The molecule has 3 aromatic carbocycles. The molecule has 1 aliphatic rings. The third kappa shape index (κ3) is 5.27. The summed E-state index contributed by atoms with van der Waals surface area (Å²) in [6.07, 6.45) is 2.42. The van der Waals surface area contributed by atoms with E-state index < -0.39 is 0 Å². The van der Waals surface area contributed by atoms with Crippen molar-refractivity contribution in [3.63, 3.8) is 0 Å². The van der Waals surface area contributed by atoms with Gasteiger partial charge in [-0.05, 0) is 68.3 Å². The zero-order valence-electron chi connectivity index (χ0n) is 19.0. The molecule has 174 valence electrons. The molecule has 0 saturated heterocycles. The Bertz CT molecular complexity index is 1310. The molecule has 1 amide bonds. The Hall–Kier alpha value is -3.28. The van der Waals surface area contributed by atoms with E-state index in [4.69, 9.17) is 27.9 Å². The van der Waals surface area contributed by atoms with Gasteiger partial charge in [-0.2, -0.15) is 0 Å². The van der Waals surface area contributed by atoms with Crippen LogP contribution in [-0.4, -0.2) is 24.3 Å². The molecule has 0 fully saturated rings. The van der Waals surface area contributed by atoms with Gasteiger partial charge in [-0.1, -0.05) is 41.4 Å². The number of amides is 1. The lowest BCUT2D eigenvalue weighted by atomic mass is 9.85. The van der Waals surface area contributed by atoms with E-state index in [1.807, 2.05) is 18.2 Å². The van der Waals surface area contributed by atoms with E-state index in [2.05, 4.69) is 24.5 Å². The van der Waals surface area contributed by atoms with E-state index in [1.165, 1.54) is 6.07 Å². The number of benzene rings is 3. The maximum atomic E-state index is 13.2. The summed E-state index contributed by atoms with van der Waals surface area (Å²) in [5.41, 5.74) is 3.84. The molecule has 0 saturated carbocycles. The van der Waals surface area contributed by atoms with Crippen LogP contribution in [0.1, 0.15) is 45.7 Å². The minimum atomic E-state index is -0.388. The Morgan fingerprint density at radius 3 is 2.59 bits per heavy atom. The van der Waals surface area contributed by atoms with Crippen molar-refractivity contribution in [2.24, 2.45) is 0 Å². The number of hydrogen-bond acceptors (Lipinski definition) is 4. The van der Waals surface area contributed by atoms with Crippen molar-refractivity contribution in [3.8, 4) is 5.75 Å². The first kappa shape index (κ1) is 23.9. The molecule has 7 heteroatoms. The minimum Gasteiger partial charge on any atom is -0.497 e. The molecule has 0 bridgehead atoms. The number of hydrogen-bond donors (Lipinski definition) is 2. The fourth-order valence-corrected chi connectivity index (χ4v) is 4.48. The van der Waals surface area contributed by atoms with Crippen molar-refractivity contribution in [2.75, 3.05) is 12.4 Å². The summed E-state index contributed by atoms with van der Waals surface area (Å²) >= 11 is 12.1. The van der Waals surface area contributed by atoms with E-state index in [0.717, 1.165) is 29.0 Å². The van der Waals surface area contributed by atoms with Gasteiger partial charge in [-0.15, -0.1) is 0 Å². The summed E-state index contributed by atoms with van der Waals surface area (Å²) in [6.45, 7) is 4.19. The average molecular weight is 495 g/mol. The number of allylic oxidation sites excluding steroid dienone is 1. The van der Waals surface area contributed by atoms with Gasteiger partial charge >= 0.3 is 0 Å². The van der Waals surface area contributed by atoms with Crippen LogP contribution >= 0.6 is 23.2 Å². The SMILES string of the molecule is COc1ccc2c(c1)C(=CC(=O)c1cccc(NC(=O)c3ccc(Cl)cc3Cl)c1)NC(C)(C)C2. The number of methoxy groups -OCH3 is 1. The first-order valence-corrected chi connectivity index (χ1v) is 11.5. The highest BCUT2D eigenvalue weighted by molar-refractivity contribution is 6.37. The molecule has 34 heavy (non-hydrogen) atoms. The molecule has 4 rings (SSSR count). The second-order valence-electron chi connectivity index (χ2n) is 8.79. The van der Waals surface area contributed by atoms with Gasteiger partial charge in [0.2, 0.25) is 0 Å². The Morgan fingerprint density at radius 1 is 1.06 bits per heavy atom. The highest BCUT2D eigenvalue weighted by Crippen LogP contribution is 2.32. The quantitative estimate of drug-likeness (QED) is 0.318. The van der Waals surface area contributed by atoms with Crippen molar-refractivity contribution in [2.45, 2.75) is 25.8 Å². The van der Waals surface area contributed by atoms with Gasteiger partial charge in [0.15, 0.2) is 5.78 Å².